The normalized spacial score (nSPS) is 34.9. The fourth-order valence-corrected chi connectivity index (χ4v) is 3.37. The molecule has 4 amide bonds. The third-order valence-electron chi connectivity index (χ3n) is 5.28. The Balaban J connectivity index is 1.53. The zero-order valence-corrected chi connectivity index (χ0v) is 14.0. The van der Waals surface area contributed by atoms with Crippen molar-refractivity contribution in [3.05, 3.63) is 0 Å². The summed E-state index contributed by atoms with van der Waals surface area (Å²) < 4.78 is 4.91. The van der Waals surface area contributed by atoms with Crippen LogP contribution in [0.15, 0.2) is 0 Å². The average molecular weight is 337 g/mol. The highest BCUT2D eigenvalue weighted by atomic mass is 16.5. The van der Waals surface area contributed by atoms with Gasteiger partial charge in [0, 0.05) is 0 Å². The van der Waals surface area contributed by atoms with Gasteiger partial charge in [-0.2, -0.15) is 5.01 Å². The van der Waals surface area contributed by atoms with Gasteiger partial charge in [0.05, 0.1) is 5.92 Å². The van der Waals surface area contributed by atoms with Crippen LogP contribution in [0.5, 0.6) is 0 Å². The summed E-state index contributed by atoms with van der Waals surface area (Å²) in [6.45, 7) is 3.55. The summed E-state index contributed by atoms with van der Waals surface area (Å²) in [5.74, 6) is -0.862. The number of ether oxygens (including phenoxy) is 1. The minimum absolute atomic E-state index is 0.137. The maximum atomic E-state index is 12.6. The smallest absolute Gasteiger partial charge is 0.344 e. The van der Waals surface area contributed by atoms with E-state index in [-0.39, 0.29) is 5.92 Å². The van der Waals surface area contributed by atoms with Crippen LogP contribution < -0.4 is 10.7 Å². The molecule has 3 fully saturated rings. The molecule has 0 aromatic rings. The number of carbonyl (C=O) groups is 4. The van der Waals surface area contributed by atoms with Crippen molar-refractivity contribution < 1.29 is 23.9 Å². The van der Waals surface area contributed by atoms with Crippen molar-refractivity contribution in [1.82, 2.24) is 15.8 Å². The molecule has 2 aliphatic carbocycles. The molecule has 2 N–H and O–H groups in total. The summed E-state index contributed by atoms with van der Waals surface area (Å²) in [6, 6.07) is -0.634. The second kappa shape index (κ2) is 6.07. The molecule has 2 saturated carbocycles. The highest BCUT2D eigenvalue weighted by Gasteiger charge is 2.53. The summed E-state index contributed by atoms with van der Waals surface area (Å²) >= 11 is 0. The summed E-state index contributed by atoms with van der Waals surface area (Å²) in [6.07, 6.45) is 3.61. The quantitative estimate of drug-likeness (QED) is 0.581. The molecule has 1 heterocycles. The Hall–Kier alpha value is -2.12. The SMILES string of the molecule is CC1CCC2(CC1)NC(=O)N(NC(=O)COC(=O)[C@@H]1C[C@@H]1C)C2=O. The fraction of sp³-hybridized carbons (Fsp3) is 0.750. The van der Waals surface area contributed by atoms with E-state index in [0.29, 0.717) is 29.7 Å². The van der Waals surface area contributed by atoms with Crippen LogP contribution in [-0.4, -0.2) is 41.0 Å². The molecule has 3 rings (SSSR count). The molecule has 0 bridgehead atoms. The number of nitrogens with zero attached hydrogens (tertiary/aromatic N) is 1. The largest absolute Gasteiger partial charge is 0.455 e. The molecule has 8 heteroatoms. The Kier molecular flexibility index (Phi) is 4.23. The number of esters is 1. The van der Waals surface area contributed by atoms with E-state index in [1.807, 2.05) is 6.92 Å². The summed E-state index contributed by atoms with van der Waals surface area (Å²) in [5.41, 5.74) is 1.34. The minimum atomic E-state index is -0.906. The van der Waals surface area contributed by atoms with Crippen LogP contribution in [0.4, 0.5) is 4.79 Å². The second-order valence-corrected chi connectivity index (χ2v) is 7.30. The van der Waals surface area contributed by atoms with Crippen molar-refractivity contribution >= 4 is 23.8 Å². The van der Waals surface area contributed by atoms with E-state index in [1.165, 1.54) is 0 Å². The van der Waals surface area contributed by atoms with Crippen LogP contribution in [0.25, 0.3) is 0 Å². The van der Waals surface area contributed by atoms with Gasteiger partial charge in [-0.15, -0.1) is 0 Å². The molecular weight excluding hydrogens is 314 g/mol. The third kappa shape index (κ3) is 3.09. The molecule has 0 unspecified atom stereocenters. The second-order valence-electron chi connectivity index (χ2n) is 7.30. The van der Waals surface area contributed by atoms with Crippen molar-refractivity contribution in [2.45, 2.75) is 51.5 Å². The first-order chi connectivity index (χ1) is 11.3. The topological polar surface area (TPSA) is 105 Å². The lowest BCUT2D eigenvalue weighted by Gasteiger charge is -2.33. The molecule has 8 nitrogen and oxygen atoms in total. The monoisotopic (exact) mass is 337 g/mol. The van der Waals surface area contributed by atoms with Crippen LogP contribution >= 0.6 is 0 Å². The van der Waals surface area contributed by atoms with Crippen LogP contribution in [0, 0.1) is 17.8 Å². The number of nitrogens with one attached hydrogen (secondary N) is 2. The Bertz CT molecular complexity index is 582. The molecular formula is C16H23N3O5. The van der Waals surface area contributed by atoms with Crippen molar-refractivity contribution in [3.63, 3.8) is 0 Å². The first-order valence-electron chi connectivity index (χ1n) is 8.45. The average Bonchev–Trinajstić information content (AvgIpc) is 3.23. The van der Waals surface area contributed by atoms with Crippen LogP contribution in [-0.2, 0) is 19.1 Å². The summed E-state index contributed by atoms with van der Waals surface area (Å²) in [4.78, 5) is 48.1. The lowest BCUT2D eigenvalue weighted by molar-refractivity contribution is -0.152. The molecule has 24 heavy (non-hydrogen) atoms. The predicted molar refractivity (Wildman–Crippen MR) is 82.1 cm³/mol. The van der Waals surface area contributed by atoms with Crippen LogP contribution in [0.3, 0.4) is 0 Å². The summed E-state index contributed by atoms with van der Waals surface area (Å²) in [7, 11) is 0. The highest BCUT2D eigenvalue weighted by Crippen LogP contribution is 2.38. The van der Waals surface area contributed by atoms with Gasteiger partial charge in [0.2, 0.25) is 0 Å². The number of hydrogen-bond donors (Lipinski definition) is 2. The van der Waals surface area contributed by atoms with E-state index >= 15 is 0 Å². The highest BCUT2D eigenvalue weighted by molar-refractivity contribution is 6.08. The molecule has 0 aromatic heterocycles. The zero-order chi connectivity index (χ0) is 17.5. The molecule has 0 radical (unpaired) electrons. The van der Waals surface area contributed by atoms with Crippen molar-refractivity contribution in [2.75, 3.05) is 6.61 Å². The van der Waals surface area contributed by atoms with E-state index in [9.17, 15) is 19.2 Å². The number of urea groups is 1. The fourth-order valence-electron chi connectivity index (χ4n) is 3.37. The number of carbonyl (C=O) groups excluding carboxylic acids is 4. The maximum Gasteiger partial charge on any atom is 0.344 e. The Labute approximate surface area is 140 Å². The number of hydrogen-bond acceptors (Lipinski definition) is 5. The third-order valence-corrected chi connectivity index (χ3v) is 5.28. The number of rotatable bonds is 4. The van der Waals surface area contributed by atoms with Gasteiger partial charge in [-0.25, -0.2) is 4.79 Å². The van der Waals surface area contributed by atoms with Crippen molar-refractivity contribution in [2.24, 2.45) is 17.8 Å². The standard InChI is InChI=1S/C16H23N3O5/c1-9-3-5-16(6-4-9)14(22)19(15(23)17-16)18-12(20)8-24-13(21)11-7-10(11)2/h9-11H,3-8H2,1-2H3,(H,17,23)(H,18,20)/t9?,10-,11+,16?/m0/s1. The lowest BCUT2D eigenvalue weighted by Crippen LogP contribution is -2.52. The molecule has 1 spiro atoms. The van der Waals surface area contributed by atoms with Crippen molar-refractivity contribution in [3.8, 4) is 0 Å². The van der Waals surface area contributed by atoms with Crippen LogP contribution in [0.2, 0.25) is 0 Å². The van der Waals surface area contributed by atoms with Crippen molar-refractivity contribution in [1.29, 1.82) is 0 Å². The first-order valence-corrected chi connectivity index (χ1v) is 8.45. The molecule has 1 saturated heterocycles. The van der Waals surface area contributed by atoms with E-state index < -0.39 is 36.0 Å². The zero-order valence-electron chi connectivity index (χ0n) is 14.0. The van der Waals surface area contributed by atoms with E-state index in [4.69, 9.17) is 4.74 Å². The number of amides is 4. The first kappa shape index (κ1) is 16.7. The van der Waals surface area contributed by atoms with Gasteiger partial charge < -0.3 is 10.1 Å². The molecule has 132 valence electrons. The Morgan fingerprint density at radius 1 is 1.29 bits per heavy atom. The lowest BCUT2D eigenvalue weighted by atomic mass is 9.77. The van der Waals surface area contributed by atoms with Gasteiger partial charge in [-0.1, -0.05) is 13.8 Å². The predicted octanol–water partition coefficient (Wildman–Crippen LogP) is 0.717. The van der Waals surface area contributed by atoms with Gasteiger partial charge in [-0.05, 0) is 43.9 Å². The van der Waals surface area contributed by atoms with Gasteiger partial charge in [0.15, 0.2) is 6.61 Å². The van der Waals surface area contributed by atoms with Gasteiger partial charge in [0.25, 0.3) is 11.8 Å². The number of hydrazine groups is 1. The summed E-state index contributed by atoms with van der Waals surface area (Å²) in [5, 5.41) is 3.42. The molecule has 2 atom stereocenters. The minimum Gasteiger partial charge on any atom is -0.455 e. The molecule has 1 aliphatic heterocycles. The van der Waals surface area contributed by atoms with Gasteiger partial charge in [-0.3, -0.25) is 19.8 Å². The van der Waals surface area contributed by atoms with E-state index in [2.05, 4.69) is 17.7 Å². The van der Waals surface area contributed by atoms with Gasteiger partial charge in [0.1, 0.15) is 5.54 Å². The van der Waals surface area contributed by atoms with Gasteiger partial charge >= 0.3 is 12.0 Å². The Morgan fingerprint density at radius 2 is 1.92 bits per heavy atom. The number of imide groups is 1. The maximum absolute atomic E-state index is 12.6. The Morgan fingerprint density at radius 3 is 2.50 bits per heavy atom. The molecule has 0 aromatic carbocycles. The van der Waals surface area contributed by atoms with E-state index in [0.717, 1.165) is 19.3 Å². The molecule has 3 aliphatic rings. The van der Waals surface area contributed by atoms with E-state index in [1.54, 1.807) is 0 Å². The van der Waals surface area contributed by atoms with Crippen LogP contribution in [0.1, 0.15) is 46.0 Å².